The van der Waals surface area contributed by atoms with Crippen LogP contribution in [0.3, 0.4) is 0 Å². The van der Waals surface area contributed by atoms with Crippen molar-refractivity contribution >= 4 is 0 Å². The van der Waals surface area contributed by atoms with E-state index >= 15 is 0 Å². The Morgan fingerprint density at radius 2 is 1.74 bits per heavy atom. The predicted molar refractivity (Wildman–Crippen MR) is 94.3 cm³/mol. The van der Waals surface area contributed by atoms with Gasteiger partial charge in [-0.1, -0.05) is 43.2 Å². The van der Waals surface area contributed by atoms with Crippen molar-refractivity contribution in [3.8, 4) is 0 Å². The molecule has 3 fully saturated rings. The maximum atomic E-state index is 4.95. The van der Waals surface area contributed by atoms with Gasteiger partial charge in [0.05, 0.1) is 6.17 Å². The van der Waals surface area contributed by atoms with Gasteiger partial charge in [0.2, 0.25) is 0 Å². The molecule has 1 radical (unpaired) electrons. The van der Waals surface area contributed by atoms with Crippen LogP contribution in [0.25, 0.3) is 0 Å². The van der Waals surface area contributed by atoms with Gasteiger partial charge in [-0.15, -0.1) is 0 Å². The molecule has 2 heterocycles. The van der Waals surface area contributed by atoms with Crippen molar-refractivity contribution in [2.45, 2.75) is 69.1 Å². The highest BCUT2D eigenvalue weighted by molar-refractivity contribution is 5.26. The van der Waals surface area contributed by atoms with Crippen molar-refractivity contribution in [2.24, 2.45) is 0 Å². The minimum atomic E-state index is 0.169. The highest BCUT2D eigenvalue weighted by Gasteiger charge is 2.39. The number of nitrogens with zero attached hydrogens (tertiary/aromatic N) is 2. The van der Waals surface area contributed by atoms with Crippen molar-refractivity contribution in [3.05, 3.63) is 35.9 Å². The molecule has 0 amide bonds. The molecule has 1 aliphatic carbocycles. The van der Waals surface area contributed by atoms with Crippen LogP contribution in [0.2, 0.25) is 0 Å². The molecular formula is C20H30N3. The lowest BCUT2D eigenvalue weighted by molar-refractivity contribution is 0.137. The van der Waals surface area contributed by atoms with Crippen LogP contribution < -0.4 is 10.6 Å². The zero-order valence-corrected chi connectivity index (χ0v) is 14.2. The van der Waals surface area contributed by atoms with Crippen LogP contribution in [0.1, 0.15) is 56.9 Å². The summed E-state index contributed by atoms with van der Waals surface area (Å²) in [6.07, 6.45) is 10.8. The standard InChI is InChI=1S/C20H30N3/c1-2-8-17(9-3-1)20(11-4-5-12-20)22-19-16-18(10-13-21-19)23-14-6-7-15-23/h1-3,8-9,18-19,22H,4-7,10-16H2. The van der Waals surface area contributed by atoms with E-state index in [1.54, 1.807) is 0 Å². The summed E-state index contributed by atoms with van der Waals surface area (Å²) in [6.45, 7) is 3.64. The normalized spacial score (nSPS) is 31.5. The maximum absolute atomic E-state index is 4.95. The SMILES string of the molecule is c1ccc(C2(NC3CC(N4CCCC4)CC[N]3)CCCC2)cc1. The summed E-state index contributed by atoms with van der Waals surface area (Å²) >= 11 is 0. The quantitative estimate of drug-likeness (QED) is 0.925. The molecule has 1 saturated carbocycles. The Morgan fingerprint density at radius 3 is 2.48 bits per heavy atom. The highest BCUT2D eigenvalue weighted by Crippen LogP contribution is 2.39. The van der Waals surface area contributed by atoms with E-state index in [0.29, 0.717) is 6.17 Å². The fourth-order valence-corrected chi connectivity index (χ4v) is 4.94. The van der Waals surface area contributed by atoms with Gasteiger partial charge in [-0.25, -0.2) is 5.32 Å². The maximum Gasteiger partial charge on any atom is 0.0757 e. The molecule has 0 bridgehead atoms. The Balaban J connectivity index is 1.46. The lowest BCUT2D eigenvalue weighted by atomic mass is 9.87. The Kier molecular flexibility index (Phi) is 4.70. The third-order valence-corrected chi connectivity index (χ3v) is 6.19. The van der Waals surface area contributed by atoms with E-state index in [1.807, 2.05) is 0 Å². The topological polar surface area (TPSA) is 29.4 Å². The zero-order chi connectivity index (χ0) is 15.5. The van der Waals surface area contributed by atoms with Gasteiger partial charge >= 0.3 is 0 Å². The number of hydrogen-bond donors (Lipinski definition) is 1. The smallest absolute Gasteiger partial charge is 0.0757 e. The Bertz CT molecular complexity index is 489. The minimum Gasteiger partial charge on any atom is -0.300 e. The first-order chi connectivity index (χ1) is 11.4. The van der Waals surface area contributed by atoms with Gasteiger partial charge in [0.15, 0.2) is 0 Å². The van der Waals surface area contributed by atoms with Crippen LogP contribution in [0.4, 0.5) is 0 Å². The Morgan fingerprint density at radius 1 is 1.00 bits per heavy atom. The fourth-order valence-electron chi connectivity index (χ4n) is 4.94. The molecule has 1 aromatic carbocycles. The van der Waals surface area contributed by atoms with E-state index < -0.39 is 0 Å². The summed E-state index contributed by atoms with van der Waals surface area (Å²) in [5.41, 5.74) is 1.64. The van der Waals surface area contributed by atoms with Crippen molar-refractivity contribution in [3.63, 3.8) is 0 Å². The van der Waals surface area contributed by atoms with Crippen LogP contribution in [0.15, 0.2) is 30.3 Å². The number of nitrogens with one attached hydrogen (secondary N) is 1. The van der Waals surface area contributed by atoms with Crippen LogP contribution in [0, 0.1) is 0 Å². The van der Waals surface area contributed by atoms with Gasteiger partial charge in [-0.2, -0.15) is 0 Å². The summed E-state index contributed by atoms with van der Waals surface area (Å²) in [5.74, 6) is 0. The molecule has 2 unspecified atom stereocenters. The lowest BCUT2D eigenvalue weighted by Crippen LogP contribution is -2.55. The largest absolute Gasteiger partial charge is 0.300 e. The first-order valence-corrected chi connectivity index (χ1v) is 9.60. The number of piperidine rings is 1. The number of rotatable bonds is 4. The number of hydrogen-bond acceptors (Lipinski definition) is 2. The average molecular weight is 312 g/mol. The van der Waals surface area contributed by atoms with E-state index in [0.717, 1.165) is 12.6 Å². The van der Waals surface area contributed by atoms with Gasteiger partial charge in [-0.3, -0.25) is 5.32 Å². The molecule has 23 heavy (non-hydrogen) atoms. The first kappa shape index (κ1) is 15.6. The highest BCUT2D eigenvalue weighted by atomic mass is 15.2. The second kappa shape index (κ2) is 6.92. The fraction of sp³-hybridized carbons (Fsp3) is 0.700. The Labute approximate surface area is 140 Å². The molecule has 4 rings (SSSR count). The molecule has 3 nitrogen and oxygen atoms in total. The molecule has 2 aliphatic heterocycles. The second-order valence-corrected chi connectivity index (χ2v) is 7.64. The van der Waals surface area contributed by atoms with E-state index in [-0.39, 0.29) is 5.54 Å². The molecule has 125 valence electrons. The minimum absolute atomic E-state index is 0.169. The average Bonchev–Trinajstić information content (AvgIpc) is 3.28. The number of benzene rings is 1. The van der Waals surface area contributed by atoms with Gasteiger partial charge in [0.25, 0.3) is 0 Å². The van der Waals surface area contributed by atoms with Crippen molar-refractivity contribution < 1.29 is 0 Å². The second-order valence-electron chi connectivity index (χ2n) is 7.64. The third kappa shape index (κ3) is 3.33. The summed E-state index contributed by atoms with van der Waals surface area (Å²) < 4.78 is 0. The van der Waals surface area contributed by atoms with Gasteiger partial charge < -0.3 is 4.90 Å². The predicted octanol–water partition coefficient (Wildman–Crippen LogP) is 3.23. The molecule has 3 heteroatoms. The van der Waals surface area contributed by atoms with Crippen molar-refractivity contribution in [1.29, 1.82) is 0 Å². The van der Waals surface area contributed by atoms with Crippen LogP contribution in [-0.2, 0) is 5.54 Å². The molecule has 1 N–H and O–H groups in total. The first-order valence-electron chi connectivity index (χ1n) is 9.60. The molecule has 2 atom stereocenters. The summed E-state index contributed by atoms with van der Waals surface area (Å²) in [5, 5.41) is 8.96. The van der Waals surface area contributed by atoms with E-state index in [1.165, 1.54) is 70.0 Å². The zero-order valence-electron chi connectivity index (χ0n) is 14.2. The van der Waals surface area contributed by atoms with Gasteiger partial charge in [-0.05, 0) is 57.2 Å². The van der Waals surface area contributed by atoms with Crippen LogP contribution in [0.5, 0.6) is 0 Å². The molecular weight excluding hydrogens is 282 g/mol. The van der Waals surface area contributed by atoms with Crippen LogP contribution in [-0.4, -0.2) is 36.7 Å². The molecule has 0 spiro atoms. The van der Waals surface area contributed by atoms with Crippen molar-refractivity contribution in [2.75, 3.05) is 19.6 Å². The van der Waals surface area contributed by atoms with E-state index in [2.05, 4.69) is 40.5 Å². The molecule has 2 saturated heterocycles. The number of likely N-dealkylation sites (tertiary alicyclic amines) is 1. The third-order valence-electron chi connectivity index (χ3n) is 6.19. The lowest BCUT2D eigenvalue weighted by Gasteiger charge is -2.41. The van der Waals surface area contributed by atoms with Crippen molar-refractivity contribution in [1.82, 2.24) is 15.5 Å². The van der Waals surface area contributed by atoms with Gasteiger partial charge in [0.1, 0.15) is 0 Å². The monoisotopic (exact) mass is 312 g/mol. The Hall–Kier alpha value is -0.900. The summed E-state index contributed by atoms with van der Waals surface area (Å²) in [4.78, 5) is 2.72. The summed E-state index contributed by atoms with van der Waals surface area (Å²) in [6, 6.07) is 11.9. The summed E-state index contributed by atoms with van der Waals surface area (Å²) in [7, 11) is 0. The van der Waals surface area contributed by atoms with Crippen LogP contribution >= 0.6 is 0 Å². The molecule has 0 aromatic heterocycles. The van der Waals surface area contributed by atoms with Gasteiger partial charge in [0, 0.05) is 18.1 Å². The van der Waals surface area contributed by atoms with E-state index in [9.17, 15) is 0 Å². The molecule has 1 aromatic rings. The molecule has 3 aliphatic rings. The van der Waals surface area contributed by atoms with E-state index in [4.69, 9.17) is 5.32 Å².